The summed E-state index contributed by atoms with van der Waals surface area (Å²) in [4.78, 5) is 21.4. The summed E-state index contributed by atoms with van der Waals surface area (Å²) < 4.78 is 0. The Balaban J connectivity index is 2.59. The van der Waals surface area contributed by atoms with Crippen molar-refractivity contribution in [2.75, 3.05) is 0 Å². The van der Waals surface area contributed by atoms with Crippen LogP contribution < -0.4 is 11.1 Å². The standard InChI is InChI=1S/C16H28N2O4/c1-10-6-7-16(2,3)12(10)4-5-13(17)15(22)18-11(9-19)8-14(20)21/h4-5,9-13,15,18,22H,6-8,17H2,1-3H3,(H,20,21)/t10?,11-,12?,13?,15?/m0/s1. The lowest BCUT2D eigenvalue weighted by Crippen LogP contribution is -2.49. The van der Waals surface area contributed by atoms with Crippen molar-refractivity contribution >= 4 is 12.3 Å². The highest BCUT2D eigenvalue weighted by Crippen LogP contribution is 2.46. The summed E-state index contributed by atoms with van der Waals surface area (Å²) in [6.45, 7) is 6.65. The molecule has 0 aromatic heterocycles. The molecule has 126 valence electrons. The van der Waals surface area contributed by atoms with E-state index in [1.165, 1.54) is 6.42 Å². The lowest BCUT2D eigenvalue weighted by atomic mass is 9.79. The number of carbonyl (C=O) groups is 2. The van der Waals surface area contributed by atoms with Crippen LogP contribution in [0.25, 0.3) is 0 Å². The number of nitrogens with one attached hydrogen (secondary N) is 1. The van der Waals surface area contributed by atoms with E-state index in [2.05, 4.69) is 26.1 Å². The average Bonchev–Trinajstić information content (AvgIpc) is 2.68. The molecule has 0 amide bonds. The number of carboxylic acid groups (broad SMARTS) is 1. The van der Waals surface area contributed by atoms with Gasteiger partial charge < -0.3 is 20.7 Å². The van der Waals surface area contributed by atoms with E-state index in [1.807, 2.05) is 6.08 Å². The number of aliphatic hydroxyl groups excluding tert-OH is 1. The zero-order valence-electron chi connectivity index (χ0n) is 13.5. The highest BCUT2D eigenvalue weighted by atomic mass is 16.4. The molecule has 6 heteroatoms. The first-order chi connectivity index (χ1) is 10.2. The monoisotopic (exact) mass is 312 g/mol. The molecule has 0 spiro atoms. The molecule has 0 aliphatic heterocycles. The van der Waals surface area contributed by atoms with Crippen molar-refractivity contribution in [1.82, 2.24) is 5.32 Å². The Hall–Kier alpha value is -1.24. The average molecular weight is 312 g/mol. The minimum absolute atomic E-state index is 0.211. The number of nitrogens with two attached hydrogens (primary N) is 1. The quantitative estimate of drug-likeness (QED) is 0.301. The van der Waals surface area contributed by atoms with Gasteiger partial charge in [0.25, 0.3) is 0 Å². The molecule has 1 fully saturated rings. The maximum absolute atomic E-state index is 10.8. The number of aliphatic carboxylic acids is 1. The molecule has 0 radical (unpaired) electrons. The van der Waals surface area contributed by atoms with E-state index in [9.17, 15) is 14.7 Å². The van der Waals surface area contributed by atoms with E-state index in [4.69, 9.17) is 10.8 Å². The number of allylic oxidation sites excluding steroid dienone is 1. The minimum atomic E-state index is -1.16. The van der Waals surface area contributed by atoms with Gasteiger partial charge in [-0.25, -0.2) is 0 Å². The number of aliphatic hydroxyl groups is 1. The first-order valence-corrected chi connectivity index (χ1v) is 7.72. The highest BCUT2D eigenvalue weighted by molar-refractivity contribution is 5.73. The maximum Gasteiger partial charge on any atom is 0.305 e. The summed E-state index contributed by atoms with van der Waals surface area (Å²) >= 11 is 0. The molecule has 5 N–H and O–H groups in total. The predicted octanol–water partition coefficient (Wildman–Crippen LogP) is 0.892. The van der Waals surface area contributed by atoms with Crippen molar-refractivity contribution in [3.8, 4) is 0 Å². The Kier molecular flexibility index (Phi) is 6.71. The molecule has 1 aliphatic carbocycles. The number of hydrogen-bond donors (Lipinski definition) is 4. The van der Waals surface area contributed by atoms with Crippen LogP contribution in [0.1, 0.15) is 40.0 Å². The van der Waals surface area contributed by atoms with Gasteiger partial charge in [-0.05, 0) is 30.1 Å². The van der Waals surface area contributed by atoms with E-state index < -0.39 is 24.3 Å². The normalized spacial score (nSPS) is 28.4. The second-order valence-electron chi connectivity index (χ2n) is 6.94. The Morgan fingerprint density at radius 3 is 2.59 bits per heavy atom. The Bertz CT molecular complexity index is 422. The Labute approximate surface area is 131 Å². The van der Waals surface area contributed by atoms with Crippen LogP contribution in [-0.2, 0) is 9.59 Å². The van der Waals surface area contributed by atoms with Crippen LogP contribution in [0.2, 0.25) is 0 Å². The number of rotatable bonds is 8. The van der Waals surface area contributed by atoms with Gasteiger partial charge in [-0.3, -0.25) is 10.1 Å². The van der Waals surface area contributed by atoms with Crippen LogP contribution in [0.15, 0.2) is 12.2 Å². The van der Waals surface area contributed by atoms with E-state index >= 15 is 0 Å². The van der Waals surface area contributed by atoms with Gasteiger partial charge in [0, 0.05) is 0 Å². The van der Waals surface area contributed by atoms with E-state index in [1.54, 1.807) is 6.08 Å². The van der Waals surface area contributed by atoms with Crippen LogP contribution in [-0.4, -0.2) is 40.8 Å². The smallest absolute Gasteiger partial charge is 0.305 e. The van der Waals surface area contributed by atoms with E-state index in [0.717, 1.165) is 6.42 Å². The van der Waals surface area contributed by atoms with Crippen molar-refractivity contribution in [3.63, 3.8) is 0 Å². The molecule has 6 nitrogen and oxygen atoms in total. The van der Waals surface area contributed by atoms with E-state index in [0.29, 0.717) is 18.1 Å². The fourth-order valence-electron chi connectivity index (χ4n) is 3.18. The lowest BCUT2D eigenvalue weighted by molar-refractivity contribution is -0.138. The SMILES string of the molecule is CC1CCC(C)(C)C1C=CC(N)C(O)N[C@H](C=O)CC(=O)O. The molecule has 0 bridgehead atoms. The lowest BCUT2D eigenvalue weighted by Gasteiger charge is -2.27. The second-order valence-corrected chi connectivity index (χ2v) is 6.94. The Morgan fingerprint density at radius 1 is 1.50 bits per heavy atom. The van der Waals surface area contributed by atoms with Gasteiger partial charge in [-0.1, -0.05) is 32.9 Å². The molecular formula is C16H28N2O4. The van der Waals surface area contributed by atoms with Crippen molar-refractivity contribution in [2.24, 2.45) is 23.0 Å². The minimum Gasteiger partial charge on any atom is -0.481 e. The van der Waals surface area contributed by atoms with E-state index in [-0.39, 0.29) is 11.8 Å². The number of carbonyl (C=O) groups excluding carboxylic acids is 1. The van der Waals surface area contributed by atoms with Crippen LogP contribution in [0.5, 0.6) is 0 Å². The second kappa shape index (κ2) is 7.85. The molecular weight excluding hydrogens is 284 g/mol. The molecule has 0 aromatic rings. The molecule has 1 saturated carbocycles. The van der Waals surface area contributed by atoms with Crippen molar-refractivity contribution < 1.29 is 19.8 Å². The van der Waals surface area contributed by atoms with Crippen LogP contribution in [0.3, 0.4) is 0 Å². The van der Waals surface area contributed by atoms with Gasteiger partial charge in [0.2, 0.25) is 0 Å². The third-order valence-corrected chi connectivity index (χ3v) is 4.61. The number of hydrogen-bond acceptors (Lipinski definition) is 5. The third-order valence-electron chi connectivity index (χ3n) is 4.61. The molecule has 0 heterocycles. The first kappa shape index (κ1) is 18.8. The van der Waals surface area contributed by atoms with Gasteiger partial charge in [0.15, 0.2) is 0 Å². The number of carboxylic acids is 1. The zero-order valence-corrected chi connectivity index (χ0v) is 13.5. The molecule has 4 unspecified atom stereocenters. The summed E-state index contributed by atoms with van der Waals surface area (Å²) in [6, 6.07) is -1.64. The van der Waals surface area contributed by atoms with Gasteiger partial charge in [-0.2, -0.15) is 0 Å². The van der Waals surface area contributed by atoms with Gasteiger partial charge in [0.05, 0.1) is 18.5 Å². The molecule has 5 atom stereocenters. The zero-order chi connectivity index (χ0) is 16.9. The van der Waals surface area contributed by atoms with Gasteiger partial charge in [-0.15, -0.1) is 0 Å². The van der Waals surface area contributed by atoms with Crippen molar-refractivity contribution in [2.45, 2.75) is 58.3 Å². The largest absolute Gasteiger partial charge is 0.481 e. The van der Waals surface area contributed by atoms with Gasteiger partial charge >= 0.3 is 5.97 Å². The molecule has 0 aromatic carbocycles. The molecule has 0 saturated heterocycles. The maximum atomic E-state index is 10.8. The molecule has 1 aliphatic rings. The first-order valence-electron chi connectivity index (χ1n) is 7.72. The summed E-state index contributed by atoms with van der Waals surface area (Å²) in [5.41, 5.74) is 6.11. The molecule has 22 heavy (non-hydrogen) atoms. The van der Waals surface area contributed by atoms with Crippen LogP contribution in [0, 0.1) is 17.3 Å². The predicted molar refractivity (Wildman–Crippen MR) is 84.0 cm³/mol. The number of aldehydes is 1. The summed E-state index contributed by atoms with van der Waals surface area (Å²) in [5, 5.41) is 21.2. The highest BCUT2D eigenvalue weighted by Gasteiger charge is 2.37. The summed E-state index contributed by atoms with van der Waals surface area (Å²) in [6.07, 6.45) is 5.04. The fraction of sp³-hybridized carbons (Fsp3) is 0.750. The Morgan fingerprint density at radius 2 is 2.14 bits per heavy atom. The van der Waals surface area contributed by atoms with Crippen LogP contribution in [0.4, 0.5) is 0 Å². The summed E-state index contributed by atoms with van der Waals surface area (Å²) in [5.74, 6) is -0.146. The summed E-state index contributed by atoms with van der Waals surface area (Å²) in [7, 11) is 0. The van der Waals surface area contributed by atoms with Crippen molar-refractivity contribution in [1.29, 1.82) is 0 Å². The topological polar surface area (TPSA) is 113 Å². The van der Waals surface area contributed by atoms with Crippen molar-refractivity contribution in [3.05, 3.63) is 12.2 Å². The fourth-order valence-corrected chi connectivity index (χ4v) is 3.18. The van der Waals surface area contributed by atoms with Crippen LogP contribution >= 0.6 is 0 Å². The third kappa shape index (κ3) is 5.19. The van der Waals surface area contributed by atoms with Gasteiger partial charge in [0.1, 0.15) is 12.5 Å². The molecule has 1 rings (SSSR count).